The Bertz CT molecular complexity index is 2310. The molecule has 71 heavy (non-hydrogen) atoms. The molecule has 5 unspecified atom stereocenters. The van der Waals surface area contributed by atoms with Crippen LogP contribution in [0.1, 0.15) is 151 Å². The van der Waals surface area contributed by atoms with Crippen LogP contribution < -0.4 is 21.1 Å². The maximum atomic E-state index is 13.6. The van der Waals surface area contributed by atoms with E-state index in [1.54, 1.807) is 25.6 Å². The van der Waals surface area contributed by atoms with Crippen LogP contribution in [-0.4, -0.2) is 139 Å². The normalized spacial score (nSPS) is 24.3. The number of nitrogens with two attached hydrogens (primary N) is 1. The molecule has 2 aromatic rings. The zero-order chi connectivity index (χ0) is 52.1. The number of aromatic hydroxyl groups is 2. The summed E-state index contributed by atoms with van der Waals surface area (Å²) in [6.45, 7) is 15.8. The predicted molar refractivity (Wildman–Crippen MR) is 267 cm³/mol. The van der Waals surface area contributed by atoms with Crippen LogP contribution in [0.25, 0.3) is 0 Å². The average molecular weight is 1110 g/mol. The Morgan fingerprint density at radius 1 is 1.03 bits per heavy atom. The van der Waals surface area contributed by atoms with Crippen molar-refractivity contribution in [1.82, 2.24) is 10.6 Å². The molecule has 0 spiro atoms. The molecule has 393 valence electrons. The number of nitrogens with one attached hydrogen (secondary N) is 2. The van der Waals surface area contributed by atoms with Crippen molar-refractivity contribution in [2.45, 2.75) is 151 Å². The van der Waals surface area contributed by atoms with E-state index in [0.29, 0.717) is 19.3 Å². The van der Waals surface area contributed by atoms with Crippen LogP contribution in [0.3, 0.4) is 0 Å². The zero-order valence-corrected chi connectivity index (χ0v) is 46.1. The molecule has 0 aromatic heterocycles. The van der Waals surface area contributed by atoms with Crippen LogP contribution >= 0.6 is 24.0 Å². The van der Waals surface area contributed by atoms with Gasteiger partial charge in [-0.1, -0.05) is 78.2 Å². The van der Waals surface area contributed by atoms with Crippen LogP contribution in [0, 0.1) is 16.2 Å². The topological polar surface area (TPSA) is 302 Å². The van der Waals surface area contributed by atoms with E-state index in [4.69, 9.17) is 32.2 Å². The van der Waals surface area contributed by atoms with Crippen molar-refractivity contribution in [3.63, 3.8) is 0 Å². The number of ketones is 5. The number of hydrogen-bond acceptors (Lipinski definition) is 18. The molecule has 6 rings (SSSR count). The molecular formula is C50H73N3O15S2Y. The molecule has 2 aromatic carbocycles. The molecule has 4 aliphatic rings. The first kappa shape index (κ1) is 63.8. The zero-order valence-electron chi connectivity index (χ0n) is 41.6. The number of phenolic OH excluding ortho intramolecular Hbond substituents is 2. The molecule has 2 aliphatic carbocycles. The number of Topliss-reactive ketones (excluding diaryl/α,β-unsaturated/α-hetero) is 3. The number of phenols is 2. The van der Waals surface area contributed by atoms with E-state index >= 15 is 0 Å². The minimum absolute atomic E-state index is 0. The van der Waals surface area contributed by atoms with Gasteiger partial charge in [-0.2, -0.15) is 0 Å². The second-order valence-corrected chi connectivity index (χ2v) is 21.4. The second kappa shape index (κ2) is 25.8. The van der Waals surface area contributed by atoms with Crippen LogP contribution in [0.15, 0.2) is 18.2 Å². The van der Waals surface area contributed by atoms with E-state index in [9.17, 15) is 59.4 Å². The number of aliphatic hydroxyl groups is 4. The Hall–Kier alpha value is -3.28. The predicted octanol–water partition coefficient (Wildman–Crippen LogP) is 4.13. The number of amides is 1. The van der Waals surface area contributed by atoms with Gasteiger partial charge in [0.05, 0.1) is 48.2 Å². The molecule has 2 saturated heterocycles. The summed E-state index contributed by atoms with van der Waals surface area (Å²) < 4.78 is 17.9. The number of thioether (sulfide) groups is 1. The third kappa shape index (κ3) is 14.3. The molecule has 0 saturated carbocycles. The van der Waals surface area contributed by atoms with Gasteiger partial charge < -0.3 is 61.2 Å². The summed E-state index contributed by atoms with van der Waals surface area (Å²) in [5, 5.41) is 68.8. The SMILES string of the molecule is C.CCC(C)(CC(C)(CC(C)(C)C(C)=O)C(C)=O)C(=O)NCC(C)O.COc1cccc2c1C(=O)c1c(O)c3c(c(O)c1C2=O)C[C@@](O)(C(=O)CO)CC3OC1C[C@H](N)[C@H](O)[C@H](C)O1.S=C1NCCS1.[Y]. The van der Waals surface area contributed by atoms with Gasteiger partial charge in [-0.25, -0.2) is 0 Å². The molecule has 18 nitrogen and oxygen atoms in total. The first-order valence-electron chi connectivity index (χ1n) is 22.9. The van der Waals surface area contributed by atoms with Gasteiger partial charge in [0.2, 0.25) is 11.7 Å². The maximum Gasteiger partial charge on any atom is 0.226 e. The molecule has 2 aliphatic heterocycles. The summed E-state index contributed by atoms with van der Waals surface area (Å²) in [6, 6.07) is 3.64. The van der Waals surface area contributed by atoms with Crippen molar-refractivity contribution in [3.05, 3.63) is 51.6 Å². The smallest absolute Gasteiger partial charge is 0.226 e. The summed E-state index contributed by atoms with van der Waals surface area (Å²) in [6.07, 6.45) is -4.39. The van der Waals surface area contributed by atoms with E-state index in [-0.39, 0.29) is 98.6 Å². The number of thiocarbonyl (C=S) groups is 1. The fourth-order valence-corrected chi connectivity index (χ4v) is 10.1. The quantitative estimate of drug-likeness (QED) is 0.0763. The van der Waals surface area contributed by atoms with Crippen LogP contribution in [-0.2, 0) is 67.8 Å². The summed E-state index contributed by atoms with van der Waals surface area (Å²) in [4.78, 5) is 76.6. The monoisotopic (exact) mass is 1110 g/mol. The first-order chi connectivity index (χ1) is 32.0. The number of hydrogen-bond donors (Lipinski definition) is 9. The van der Waals surface area contributed by atoms with E-state index in [1.807, 2.05) is 34.6 Å². The van der Waals surface area contributed by atoms with Crippen molar-refractivity contribution < 1.29 is 106 Å². The fourth-order valence-electron chi connectivity index (χ4n) is 9.19. The van der Waals surface area contributed by atoms with Crippen LogP contribution in [0.4, 0.5) is 0 Å². The molecule has 21 heteroatoms. The van der Waals surface area contributed by atoms with Crippen molar-refractivity contribution >= 4 is 63.1 Å². The molecule has 9 atom stereocenters. The van der Waals surface area contributed by atoms with E-state index in [0.717, 1.165) is 16.6 Å². The number of aliphatic hydroxyl groups excluding tert-OH is 3. The van der Waals surface area contributed by atoms with Gasteiger partial charge in [0, 0.05) is 110 Å². The maximum absolute atomic E-state index is 13.6. The molecule has 10 N–H and O–H groups in total. The number of methoxy groups -OCH3 is 1. The second-order valence-electron chi connectivity index (χ2n) is 19.6. The molecule has 2 heterocycles. The average Bonchev–Trinajstić information content (AvgIpc) is 3.77. The van der Waals surface area contributed by atoms with E-state index in [2.05, 4.69) is 10.6 Å². The number of fused-ring (bicyclic) bond motifs is 3. The Morgan fingerprint density at radius 2 is 1.65 bits per heavy atom. The number of ether oxygens (including phenoxy) is 3. The number of benzene rings is 2. The Kier molecular flexibility index (Phi) is 23.2. The largest absolute Gasteiger partial charge is 0.507 e. The Morgan fingerprint density at radius 3 is 2.13 bits per heavy atom. The van der Waals surface area contributed by atoms with Crippen LogP contribution in [0.5, 0.6) is 17.2 Å². The summed E-state index contributed by atoms with van der Waals surface area (Å²) in [5.41, 5.74) is 0.258. The van der Waals surface area contributed by atoms with Gasteiger partial charge in [0.15, 0.2) is 17.9 Å². The molecule has 1 amide bonds. The summed E-state index contributed by atoms with van der Waals surface area (Å²) in [5.74, 6) is -2.77. The van der Waals surface area contributed by atoms with Crippen molar-refractivity contribution in [2.24, 2.45) is 22.0 Å². The van der Waals surface area contributed by atoms with E-state index in [1.165, 1.54) is 39.2 Å². The molecule has 2 fully saturated rings. The molecule has 0 bridgehead atoms. The summed E-state index contributed by atoms with van der Waals surface area (Å²) >= 11 is 6.49. The van der Waals surface area contributed by atoms with Gasteiger partial charge >= 0.3 is 0 Å². The van der Waals surface area contributed by atoms with Gasteiger partial charge in [-0.3, -0.25) is 28.8 Å². The minimum atomic E-state index is -2.24. The Labute approximate surface area is 451 Å². The number of carbonyl (C=O) groups excluding carboxylic acids is 6. The third-order valence-corrected chi connectivity index (χ3v) is 15.0. The molecular weight excluding hydrogens is 1040 g/mol. The third-order valence-electron chi connectivity index (χ3n) is 13.7. The summed E-state index contributed by atoms with van der Waals surface area (Å²) in [7, 11) is 1.32. The van der Waals surface area contributed by atoms with Gasteiger partial charge in [0.1, 0.15) is 45.3 Å². The standard InChI is InChI=1S/C27H29NO11.C19H35NO4.C3H5NS2.CH4.Y/c1-10-22(31)13(28)6-17(38-10)39-15-8-27(36,16(30)9-29)7-12-19(15)26(35)21-20(24(12)33)23(32)11-4-3-5-14(37-2)18(11)25(21)34;1-9-18(7,16(24)20-10-13(2)21)12-19(8,15(4)23)11-17(5,6)14(3)22;5-3-4-1-2-6-3;;/h3-5,10,13,15,17,22,29,31,33,35-36H,6-9,28H2,1-2H3;13,21H,9-12H2,1-8H3,(H,20,24);1-2H2,(H,4,5);1H4;/t10-,13-,15?,17?,22+,27-;;;;/m0..../s1. The molecule has 1 radical (unpaired) electrons. The van der Waals surface area contributed by atoms with Gasteiger partial charge in [-0.05, 0) is 53.0 Å². The fraction of sp³-hybridized carbons (Fsp3) is 0.620. The Balaban J connectivity index is 0.000000462. The first-order valence-corrected chi connectivity index (χ1v) is 24.3. The van der Waals surface area contributed by atoms with Crippen molar-refractivity contribution in [2.75, 3.05) is 32.6 Å². The van der Waals surface area contributed by atoms with E-state index < -0.39 is 118 Å². The van der Waals surface area contributed by atoms with Crippen molar-refractivity contribution in [1.29, 1.82) is 0 Å². The van der Waals surface area contributed by atoms with Crippen molar-refractivity contribution in [3.8, 4) is 17.2 Å². The van der Waals surface area contributed by atoms with Crippen LogP contribution in [0.2, 0.25) is 0 Å². The minimum Gasteiger partial charge on any atom is -0.507 e. The number of rotatable bonds is 15. The number of carbonyl (C=O) groups is 6. The van der Waals surface area contributed by atoms with Gasteiger partial charge in [0.25, 0.3) is 0 Å². The van der Waals surface area contributed by atoms with Gasteiger partial charge in [-0.15, -0.1) is 0 Å².